The summed E-state index contributed by atoms with van der Waals surface area (Å²) in [7, 11) is -9.91. The van der Waals surface area contributed by atoms with Crippen LogP contribution in [0.1, 0.15) is 413 Å². The number of aliphatic hydroxyl groups is 1. The third-order valence-corrected chi connectivity index (χ3v) is 20.5. The van der Waals surface area contributed by atoms with Gasteiger partial charge in [0.1, 0.15) is 19.3 Å². The highest BCUT2D eigenvalue weighted by molar-refractivity contribution is 7.47. The molecule has 3 unspecified atom stereocenters. The molecule has 0 heterocycles. The molecule has 97 heavy (non-hydrogen) atoms. The Bertz CT molecular complexity index is 1860. The van der Waals surface area contributed by atoms with Gasteiger partial charge in [-0.3, -0.25) is 37.3 Å². The summed E-state index contributed by atoms with van der Waals surface area (Å²) in [6, 6.07) is 0. The van der Waals surface area contributed by atoms with Crippen molar-refractivity contribution in [2.45, 2.75) is 432 Å². The van der Waals surface area contributed by atoms with E-state index >= 15 is 0 Å². The van der Waals surface area contributed by atoms with Crippen molar-refractivity contribution in [2.24, 2.45) is 5.92 Å². The summed E-state index contributed by atoms with van der Waals surface area (Å²) in [5, 5.41) is 10.6. The van der Waals surface area contributed by atoms with Gasteiger partial charge in [-0.1, -0.05) is 362 Å². The lowest BCUT2D eigenvalue weighted by Crippen LogP contribution is -2.30. The number of rotatable bonds is 78. The van der Waals surface area contributed by atoms with E-state index in [0.717, 1.165) is 95.8 Å². The maximum atomic E-state index is 13.1. The van der Waals surface area contributed by atoms with Gasteiger partial charge in [0.15, 0.2) is 12.2 Å². The molecule has 0 spiro atoms. The van der Waals surface area contributed by atoms with Crippen LogP contribution in [-0.2, 0) is 65.4 Å². The van der Waals surface area contributed by atoms with Crippen LogP contribution in [-0.4, -0.2) is 96.7 Å². The van der Waals surface area contributed by atoms with Crippen LogP contribution < -0.4 is 0 Å². The average molecular weight is 1420 g/mol. The average Bonchev–Trinajstić information content (AvgIpc) is 1.28. The van der Waals surface area contributed by atoms with Crippen LogP contribution in [0.15, 0.2) is 0 Å². The highest BCUT2D eigenvalue weighted by Gasteiger charge is 2.30. The van der Waals surface area contributed by atoms with E-state index in [1.807, 2.05) is 0 Å². The Hall–Kier alpha value is -1.94. The molecular weight excluding hydrogens is 1270 g/mol. The monoisotopic (exact) mass is 1420 g/mol. The Morgan fingerprint density at radius 1 is 0.289 bits per heavy atom. The van der Waals surface area contributed by atoms with Gasteiger partial charge in [-0.25, -0.2) is 9.13 Å². The lowest BCUT2D eigenvalue weighted by molar-refractivity contribution is -0.161. The third-order valence-electron chi connectivity index (χ3n) is 18.6. The SMILES string of the molecule is CCCCCCCCCCCCCCCCCCCCCCCCC(=O)O[C@H](COC(=O)CCCCCCCCCCCCCCCC)COP(=O)(O)OC[C@@H](O)COP(=O)(O)OC[C@@H](COC(=O)CCCCCCCCCCC)OC(=O)CCCCCCCCCCC(C)CC. The zero-order valence-corrected chi connectivity index (χ0v) is 65.0. The quantitative estimate of drug-likeness (QED) is 0.0222. The smallest absolute Gasteiger partial charge is 0.462 e. The Balaban J connectivity index is 5.18. The molecule has 0 aromatic rings. The van der Waals surface area contributed by atoms with Crippen LogP contribution in [0.2, 0.25) is 0 Å². The summed E-state index contributed by atoms with van der Waals surface area (Å²) < 4.78 is 68.5. The van der Waals surface area contributed by atoms with E-state index in [1.165, 1.54) is 238 Å². The maximum Gasteiger partial charge on any atom is 0.472 e. The van der Waals surface area contributed by atoms with E-state index in [9.17, 15) is 43.2 Å². The van der Waals surface area contributed by atoms with Gasteiger partial charge in [0.05, 0.1) is 26.4 Å². The van der Waals surface area contributed by atoms with E-state index in [2.05, 4.69) is 34.6 Å². The van der Waals surface area contributed by atoms with Gasteiger partial charge in [0.25, 0.3) is 0 Å². The standard InChI is InChI=1S/C78H152O17P2/c1-6-10-13-16-19-22-24-26-28-29-30-31-32-33-34-35-37-39-42-48-53-58-63-77(82)94-73(68-89-76(81)62-57-52-47-41-38-36-27-25-23-20-17-14-11-7-2)69-92-96(84,85)90-65-72(79)66-91-97(86,87)93-70-74(67-88-75(80)61-56-51-46-40-21-18-15-12-8-3)95-78(83)64-59-54-49-44-43-45-50-55-60-71(5)9-4/h71-74,79H,6-70H2,1-5H3,(H,84,85)(H,86,87)/t71?,72-,73-,74-/m1/s1. The first-order valence-electron chi connectivity index (χ1n) is 40.7. The van der Waals surface area contributed by atoms with Gasteiger partial charge in [0.2, 0.25) is 0 Å². The zero-order chi connectivity index (χ0) is 71.2. The molecular formula is C78H152O17P2. The molecule has 0 fully saturated rings. The first kappa shape index (κ1) is 95.1. The van der Waals surface area contributed by atoms with E-state index < -0.39 is 97.5 Å². The van der Waals surface area contributed by atoms with E-state index in [-0.39, 0.29) is 25.7 Å². The second-order valence-corrected chi connectivity index (χ2v) is 31.3. The Morgan fingerprint density at radius 2 is 0.495 bits per heavy atom. The van der Waals surface area contributed by atoms with Crippen LogP contribution >= 0.6 is 15.6 Å². The van der Waals surface area contributed by atoms with E-state index in [0.29, 0.717) is 25.7 Å². The molecule has 3 N–H and O–H groups in total. The molecule has 0 rings (SSSR count). The van der Waals surface area contributed by atoms with Crippen molar-refractivity contribution in [3.63, 3.8) is 0 Å². The van der Waals surface area contributed by atoms with Crippen molar-refractivity contribution in [2.75, 3.05) is 39.6 Å². The molecule has 0 aromatic carbocycles. The molecule has 576 valence electrons. The summed E-state index contributed by atoms with van der Waals surface area (Å²) in [5.41, 5.74) is 0. The van der Waals surface area contributed by atoms with Crippen molar-refractivity contribution in [3.8, 4) is 0 Å². The van der Waals surface area contributed by atoms with Gasteiger partial charge >= 0.3 is 39.5 Å². The fourth-order valence-electron chi connectivity index (χ4n) is 12.0. The summed E-state index contributed by atoms with van der Waals surface area (Å²) in [4.78, 5) is 72.8. The Kier molecular flexibility index (Phi) is 69.6. The van der Waals surface area contributed by atoms with Gasteiger partial charge in [-0.15, -0.1) is 0 Å². The molecule has 0 saturated carbocycles. The number of aliphatic hydroxyl groups excluding tert-OH is 1. The second-order valence-electron chi connectivity index (χ2n) is 28.3. The first-order chi connectivity index (χ1) is 47.1. The Morgan fingerprint density at radius 3 is 0.732 bits per heavy atom. The fraction of sp³-hybridized carbons (Fsp3) is 0.949. The van der Waals surface area contributed by atoms with Crippen LogP contribution in [0.5, 0.6) is 0 Å². The molecule has 0 radical (unpaired) electrons. The fourth-order valence-corrected chi connectivity index (χ4v) is 13.6. The van der Waals surface area contributed by atoms with Crippen molar-refractivity contribution >= 4 is 39.5 Å². The summed E-state index contributed by atoms with van der Waals surface area (Å²) in [6.45, 7) is 7.28. The Labute approximate surface area is 594 Å². The van der Waals surface area contributed by atoms with Crippen molar-refractivity contribution < 1.29 is 80.2 Å². The number of hydrogen-bond acceptors (Lipinski definition) is 15. The molecule has 0 aliphatic carbocycles. The lowest BCUT2D eigenvalue weighted by atomic mass is 9.99. The molecule has 0 aliphatic heterocycles. The number of phosphoric acid groups is 2. The largest absolute Gasteiger partial charge is 0.472 e. The number of hydrogen-bond donors (Lipinski definition) is 3. The van der Waals surface area contributed by atoms with Crippen LogP contribution in [0, 0.1) is 5.92 Å². The van der Waals surface area contributed by atoms with Gasteiger partial charge in [0, 0.05) is 25.7 Å². The minimum Gasteiger partial charge on any atom is -0.462 e. The first-order valence-corrected chi connectivity index (χ1v) is 43.7. The summed E-state index contributed by atoms with van der Waals surface area (Å²) in [5.74, 6) is -1.34. The number of ether oxygens (including phenoxy) is 4. The van der Waals surface area contributed by atoms with Crippen LogP contribution in [0.25, 0.3) is 0 Å². The number of carbonyl (C=O) groups excluding carboxylic acids is 4. The minimum atomic E-state index is -4.96. The molecule has 0 amide bonds. The number of unbranched alkanes of at least 4 members (excludes halogenated alkanes) is 49. The molecule has 0 aliphatic rings. The topological polar surface area (TPSA) is 237 Å². The summed E-state index contributed by atoms with van der Waals surface area (Å²) >= 11 is 0. The molecule has 0 saturated heterocycles. The predicted molar refractivity (Wildman–Crippen MR) is 395 cm³/mol. The number of phosphoric ester groups is 2. The van der Waals surface area contributed by atoms with Crippen molar-refractivity contribution in [1.82, 2.24) is 0 Å². The lowest BCUT2D eigenvalue weighted by Gasteiger charge is -2.21. The number of carbonyl (C=O) groups is 4. The van der Waals surface area contributed by atoms with Gasteiger partial charge in [-0.2, -0.15) is 0 Å². The van der Waals surface area contributed by atoms with Crippen molar-refractivity contribution in [3.05, 3.63) is 0 Å². The van der Waals surface area contributed by atoms with E-state index in [1.54, 1.807) is 0 Å². The van der Waals surface area contributed by atoms with E-state index in [4.69, 9.17) is 37.0 Å². The van der Waals surface area contributed by atoms with Gasteiger partial charge < -0.3 is 33.8 Å². The number of esters is 4. The van der Waals surface area contributed by atoms with Crippen LogP contribution in [0.4, 0.5) is 0 Å². The molecule has 0 aromatic heterocycles. The third kappa shape index (κ3) is 70.9. The zero-order valence-electron chi connectivity index (χ0n) is 63.2. The highest BCUT2D eigenvalue weighted by Crippen LogP contribution is 2.45. The van der Waals surface area contributed by atoms with Crippen molar-refractivity contribution in [1.29, 1.82) is 0 Å². The molecule has 19 heteroatoms. The second kappa shape index (κ2) is 71.1. The normalized spacial score (nSPS) is 14.2. The highest BCUT2D eigenvalue weighted by atomic mass is 31.2. The predicted octanol–water partition coefficient (Wildman–Crippen LogP) is 23.3. The minimum absolute atomic E-state index is 0.105. The molecule has 0 bridgehead atoms. The van der Waals surface area contributed by atoms with Crippen LogP contribution in [0.3, 0.4) is 0 Å². The molecule has 6 atom stereocenters. The maximum absolute atomic E-state index is 13.1. The van der Waals surface area contributed by atoms with Gasteiger partial charge in [-0.05, 0) is 31.6 Å². The molecule has 17 nitrogen and oxygen atoms in total. The summed E-state index contributed by atoms with van der Waals surface area (Å²) in [6.07, 6.45) is 61.1.